The van der Waals surface area contributed by atoms with Crippen molar-refractivity contribution in [2.24, 2.45) is 11.8 Å². The highest BCUT2D eigenvalue weighted by molar-refractivity contribution is 8.17. The second-order valence-corrected chi connectivity index (χ2v) is 15.3. The topological polar surface area (TPSA) is 52.1 Å². The van der Waals surface area contributed by atoms with E-state index < -0.39 is 0 Å². The molecular weight excluding hydrogens is 557 g/mol. The van der Waals surface area contributed by atoms with Gasteiger partial charge in [0.15, 0.2) is 5.82 Å². The molecule has 0 unspecified atom stereocenters. The molecule has 1 saturated carbocycles. The minimum absolute atomic E-state index is 0.0295. The molecule has 4 rings (SSSR count). The lowest BCUT2D eigenvalue weighted by Gasteiger charge is -2.28. The van der Waals surface area contributed by atoms with Crippen LogP contribution in [0.4, 0.5) is 0 Å². The highest BCUT2D eigenvalue weighted by atomic mass is 32.2. The van der Waals surface area contributed by atoms with Gasteiger partial charge in [-0.2, -0.15) is 0 Å². The van der Waals surface area contributed by atoms with Gasteiger partial charge in [0.1, 0.15) is 5.75 Å². The van der Waals surface area contributed by atoms with Crippen LogP contribution in [-0.4, -0.2) is 32.0 Å². The normalized spacial score (nSPS) is 22.6. The van der Waals surface area contributed by atoms with Crippen molar-refractivity contribution in [2.75, 3.05) is 11.5 Å². The molecule has 2 aliphatic rings. The number of unbranched alkanes of at least 4 members (excludes halogenated alkanes) is 9. The molecule has 1 aromatic heterocycles. The fourth-order valence-corrected chi connectivity index (χ4v) is 9.40. The van der Waals surface area contributed by atoms with E-state index in [-0.39, 0.29) is 11.9 Å². The lowest BCUT2D eigenvalue weighted by Crippen LogP contribution is -2.29. The molecule has 0 N–H and O–H groups in total. The Labute approximate surface area is 264 Å². The summed E-state index contributed by atoms with van der Waals surface area (Å²) in [4.78, 5) is 22.2. The van der Waals surface area contributed by atoms with Crippen LogP contribution in [0.1, 0.15) is 134 Å². The number of esters is 1. The van der Waals surface area contributed by atoms with Gasteiger partial charge in [0, 0.05) is 29.5 Å². The monoisotopic (exact) mass is 610 g/mol. The van der Waals surface area contributed by atoms with Crippen molar-refractivity contribution in [3.8, 4) is 17.1 Å². The summed E-state index contributed by atoms with van der Waals surface area (Å²) in [6.45, 7) is 4.53. The number of aromatic nitrogens is 2. The predicted octanol–water partition coefficient (Wildman–Crippen LogP) is 10.9. The maximum atomic E-state index is 12.7. The molecule has 0 spiro atoms. The van der Waals surface area contributed by atoms with E-state index >= 15 is 0 Å². The van der Waals surface area contributed by atoms with Crippen molar-refractivity contribution in [1.29, 1.82) is 0 Å². The fourth-order valence-electron chi connectivity index (χ4n) is 6.33. The zero-order valence-electron chi connectivity index (χ0n) is 26.2. The van der Waals surface area contributed by atoms with E-state index in [9.17, 15) is 4.79 Å². The third-order valence-electron chi connectivity index (χ3n) is 9.13. The van der Waals surface area contributed by atoms with Crippen LogP contribution < -0.4 is 4.74 Å². The third-order valence-corrected chi connectivity index (χ3v) is 12.4. The van der Waals surface area contributed by atoms with Crippen molar-refractivity contribution in [3.63, 3.8) is 0 Å². The molecular formula is C36H54N2O2S2. The molecule has 1 aliphatic heterocycles. The molecule has 232 valence electrons. The summed E-state index contributed by atoms with van der Waals surface area (Å²) in [5.74, 6) is 4.43. The molecule has 0 radical (unpaired) electrons. The third kappa shape index (κ3) is 11.2. The van der Waals surface area contributed by atoms with E-state index in [1.54, 1.807) is 0 Å². The Balaban J connectivity index is 1.14. The second kappa shape index (κ2) is 19.0. The molecule has 1 saturated heterocycles. The fraction of sp³-hybridized carbons (Fsp3) is 0.694. The first-order chi connectivity index (χ1) is 20.7. The van der Waals surface area contributed by atoms with Crippen molar-refractivity contribution in [3.05, 3.63) is 42.2 Å². The quantitative estimate of drug-likeness (QED) is 0.101. The Morgan fingerprint density at radius 2 is 1.33 bits per heavy atom. The molecule has 0 atom stereocenters. The van der Waals surface area contributed by atoms with Crippen molar-refractivity contribution in [2.45, 2.75) is 134 Å². The number of nitrogens with zero attached hydrogens (tertiary/aromatic N) is 2. The largest absolute Gasteiger partial charge is 0.426 e. The molecule has 4 nitrogen and oxygen atoms in total. The summed E-state index contributed by atoms with van der Waals surface area (Å²) in [5, 5.41) is 0. The maximum absolute atomic E-state index is 12.7. The van der Waals surface area contributed by atoms with E-state index in [4.69, 9.17) is 14.7 Å². The number of benzene rings is 1. The average molecular weight is 611 g/mol. The lowest BCUT2D eigenvalue weighted by molar-refractivity contribution is -0.137. The van der Waals surface area contributed by atoms with Crippen molar-refractivity contribution in [1.82, 2.24) is 9.97 Å². The van der Waals surface area contributed by atoms with E-state index in [0.717, 1.165) is 28.8 Å². The first-order valence-electron chi connectivity index (χ1n) is 17.0. The molecule has 0 amide bonds. The smallest absolute Gasteiger partial charge is 0.316 e. The van der Waals surface area contributed by atoms with Gasteiger partial charge in [-0.05, 0) is 73.8 Å². The van der Waals surface area contributed by atoms with Gasteiger partial charge in [-0.1, -0.05) is 90.9 Å². The minimum atomic E-state index is -0.108. The predicted molar refractivity (Wildman–Crippen MR) is 181 cm³/mol. The SMILES string of the molecule is CCCCCCCCCCC1CCC(c2cnc(-c3ccc(OC(=O)C4CSC(CCCCC)SC4)cc3)nc2)CC1. The summed E-state index contributed by atoms with van der Waals surface area (Å²) in [5.41, 5.74) is 2.24. The van der Waals surface area contributed by atoms with Crippen LogP contribution in [-0.2, 0) is 4.79 Å². The number of ether oxygens (including phenoxy) is 1. The van der Waals surface area contributed by atoms with Gasteiger partial charge in [0.2, 0.25) is 0 Å². The summed E-state index contributed by atoms with van der Waals surface area (Å²) in [6, 6.07) is 7.66. The Kier molecular flexibility index (Phi) is 15.1. The van der Waals surface area contributed by atoms with Gasteiger partial charge in [-0.15, -0.1) is 23.5 Å². The summed E-state index contributed by atoms with van der Waals surface area (Å²) >= 11 is 3.85. The Morgan fingerprint density at radius 3 is 1.98 bits per heavy atom. The molecule has 42 heavy (non-hydrogen) atoms. The maximum Gasteiger partial charge on any atom is 0.316 e. The van der Waals surface area contributed by atoms with Gasteiger partial charge in [-0.3, -0.25) is 4.79 Å². The number of carbonyl (C=O) groups excluding carboxylic acids is 1. The van der Waals surface area contributed by atoms with E-state index in [1.807, 2.05) is 60.2 Å². The molecule has 1 aliphatic carbocycles. The zero-order chi connectivity index (χ0) is 29.4. The van der Waals surface area contributed by atoms with Crippen LogP contribution in [0, 0.1) is 11.8 Å². The number of carbonyl (C=O) groups is 1. The summed E-state index contributed by atoms with van der Waals surface area (Å²) in [7, 11) is 0. The molecule has 0 bridgehead atoms. The molecule has 2 aromatic rings. The first kappa shape index (κ1) is 33.4. The molecule has 6 heteroatoms. The highest BCUT2D eigenvalue weighted by Gasteiger charge is 2.28. The van der Waals surface area contributed by atoms with Gasteiger partial charge >= 0.3 is 5.97 Å². The number of thioether (sulfide) groups is 2. The lowest BCUT2D eigenvalue weighted by atomic mass is 9.77. The van der Waals surface area contributed by atoms with Gasteiger partial charge in [-0.25, -0.2) is 9.97 Å². The number of rotatable bonds is 17. The van der Waals surface area contributed by atoms with Gasteiger partial charge in [0.25, 0.3) is 0 Å². The van der Waals surface area contributed by atoms with Crippen LogP contribution in [0.15, 0.2) is 36.7 Å². The van der Waals surface area contributed by atoms with Crippen molar-refractivity contribution < 1.29 is 9.53 Å². The van der Waals surface area contributed by atoms with Crippen LogP contribution in [0.25, 0.3) is 11.4 Å². The molecule has 1 aromatic carbocycles. The highest BCUT2D eigenvalue weighted by Crippen LogP contribution is 2.39. The summed E-state index contributed by atoms with van der Waals surface area (Å²) in [6.07, 6.45) is 27.1. The van der Waals surface area contributed by atoms with E-state index in [0.29, 0.717) is 16.2 Å². The van der Waals surface area contributed by atoms with Gasteiger partial charge in [0.05, 0.1) is 10.5 Å². The number of hydrogen-bond donors (Lipinski definition) is 0. The van der Waals surface area contributed by atoms with Crippen LogP contribution in [0.5, 0.6) is 5.75 Å². The Bertz CT molecular complexity index is 1010. The Hall–Kier alpha value is -1.53. The summed E-state index contributed by atoms with van der Waals surface area (Å²) < 4.78 is 6.36. The zero-order valence-corrected chi connectivity index (χ0v) is 27.9. The Morgan fingerprint density at radius 1 is 0.762 bits per heavy atom. The van der Waals surface area contributed by atoms with Crippen LogP contribution in [0.3, 0.4) is 0 Å². The minimum Gasteiger partial charge on any atom is -0.426 e. The molecule has 2 fully saturated rings. The number of hydrogen-bond acceptors (Lipinski definition) is 6. The van der Waals surface area contributed by atoms with Crippen LogP contribution >= 0.6 is 23.5 Å². The molecule has 2 heterocycles. The first-order valence-corrected chi connectivity index (χ1v) is 19.1. The second-order valence-electron chi connectivity index (χ2n) is 12.6. The average Bonchev–Trinajstić information content (AvgIpc) is 3.03. The van der Waals surface area contributed by atoms with Crippen LogP contribution in [0.2, 0.25) is 0 Å². The van der Waals surface area contributed by atoms with E-state index in [1.165, 1.54) is 115 Å². The van der Waals surface area contributed by atoms with E-state index in [2.05, 4.69) is 13.8 Å². The standard InChI is InChI=1S/C36H54N2O2S2/c1-3-5-7-8-9-10-11-13-14-28-16-18-29(19-17-28)31-24-37-35(38-25-31)30-20-22-33(23-21-30)40-36(39)32-26-41-34(42-27-32)15-12-6-4-2/h20-25,28-29,32,34H,3-19,26-27H2,1-2H3. The van der Waals surface area contributed by atoms with Crippen molar-refractivity contribution >= 4 is 29.5 Å². The van der Waals surface area contributed by atoms with Gasteiger partial charge < -0.3 is 4.74 Å².